The van der Waals surface area contributed by atoms with Crippen LogP contribution in [0.4, 0.5) is 5.69 Å². The molecule has 118 valence electrons. The van der Waals surface area contributed by atoms with Crippen molar-refractivity contribution in [1.82, 2.24) is 0 Å². The second kappa shape index (κ2) is 6.96. The number of hydrogen-bond donors (Lipinski definition) is 1. The first kappa shape index (κ1) is 17.2. The largest absolute Gasteiger partial charge is 0.495 e. The molecule has 0 unspecified atom stereocenters. The van der Waals surface area contributed by atoms with E-state index in [1.807, 2.05) is 0 Å². The zero-order chi connectivity index (χ0) is 16.3. The first-order valence-electron chi connectivity index (χ1n) is 6.09. The summed E-state index contributed by atoms with van der Waals surface area (Å²) in [4.78, 5) is 0. The van der Waals surface area contributed by atoms with E-state index in [0.717, 1.165) is 0 Å². The molecule has 0 atom stereocenters. The fourth-order valence-corrected chi connectivity index (χ4v) is 3.49. The van der Waals surface area contributed by atoms with Gasteiger partial charge in [0.25, 0.3) is 0 Å². The van der Waals surface area contributed by atoms with Crippen LogP contribution in [0, 0.1) is 0 Å². The summed E-state index contributed by atoms with van der Waals surface area (Å²) in [6, 6.07) is 9.33. The summed E-state index contributed by atoms with van der Waals surface area (Å²) in [5.41, 5.74) is 0.790. The molecule has 22 heavy (non-hydrogen) atoms. The Morgan fingerprint density at radius 1 is 1.05 bits per heavy atom. The van der Waals surface area contributed by atoms with Crippen LogP contribution in [0.5, 0.6) is 5.75 Å². The maximum Gasteiger partial charge on any atom is 0.237 e. The van der Waals surface area contributed by atoms with Gasteiger partial charge in [-0.1, -0.05) is 40.9 Å². The summed E-state index contributed by atoms with van der Waals surface area (Å²) in [5, 5.41) is 1.06. The Bertz CT molecular complexity index is 794. The van der Waals surface area contributed by atoms with Crippen molar-refractivity contribution in [3.63, 3.8) is 0 Å². The summed E-state index contributed by atoms with van der Waals surface area (Å²) in [5.74, 6) is 0.127. The summed E-state index contributed by atoms with van der Waals surface area (Å²) in [7, 11) is -2.21. The number of ether oxygens (including phenoxy) is 1. The average molecular weight is 381 g/mol. The fraction of sp³-hybridized carbons (Fsp3) is 0.143. The van der Waals surface area contributed by atoms with Crippen LogP contribution in [0.15, 0.2) is 36.4 Å². The number of methoxy groups -OCH3 is 1. The number of benzene rings is 2. The minimum Gasteiger partial charge on any atom is -0.495 e. The molecule has 0 heterocycles. The molecule has 8 heteroatoms. The first-order chi connectivity index (χ1) is 10.3. The van der Waals surface area contributed by atoms with E-state index in [9.17, 15) is 8.42 Å². The molecular weight excluding hydrogens is 369 g/mol. The van der Waals surface area contributed by atoms with Gasteiger partial charge in [-0.3, -0.25) is 4.72 Å². The van der Waals surface area contributed by atoms with Gasteiger partial charge in [0.1, 0.15) is 5.75 Å². The highest BCUT2D eigenvalue weighted by atomic mass is 35.5. The molecule has 0 aliphatic rings. The van der Waals surface area contributed by atoms with Gasteiger partial charge >= 0.3 is 0 Å². The molecule has 0 aliphatic heterocycles. The molecule has 0 bridgehead atoms. The Labute approximate surface area is 144 Å². The summed E-state index contributed by atoms with van der Waals surface area (Å²) < 4.78 is 32.1. The van der Waals surface area contributed by atoms with Crippen LogP contribution < -0.4 is 9.46 Å². The van der Waals surface area contributed by atoms with E-state index in [1.165, 1.54) is 19.2 Å². The fourth-order valence-electron chi connectivity index (χ4n) is 1.81. The molecule has 0 fully saturated rings. The van der Waals surface area contributed by atoms with E-state index in [2.05, 4.69) is 4.72 Å². The molecular formula is C14H12Cl3NO3S. The SMILES string of the molecule is COc1ccc(Cl)cc1NS(=O)(=O)Cc1ccc(Cl)c(Cl)c1. The van der Waals surface area contributed by atoms with E-state index in [-0.39, 0.29) is 11.4 Å². The number of hydrogen-bond acceptors (Lipinski definition) is 3. The van der Waals surface area contributed by atoms with Crippen LogP contribution in [-0.2, 0) is 15.8 Å². The van der Waals surface area contributed by atoms with Crippen molar-refractivity contribution in [2.45, 2.75) is 5.75 Å². The zero-order valence-corrected chi connectivity index (χ0v) is 14.5. The van der Waals surface area contributed by atoms with Gasteiger partial charge in [0.15, 0.2) is 0 Å². The predicted molar refractivity (Wildman–Crippen MR) is 90.7 cm³/mol. The van der Waals surface area contributed by atoms with E-state index < -0.39 is 10.0 Å². The normalized spacial score (nSPS) is 11.3. The van der Waals surface area contributed by atoms with Gasteiger partial charge in [-0.25, -0.2) is 8.42 Å². The van der Waals surface area contributed by atoms with E-state index in [0.29, 0.717) is 26.4 Å². The van der Waals surface area contributed by atoms with Crippen LogP contribution in [-0.4, -0.2) is 15.5 Å². The highest BCUT2D eigenvalue weighted by Crippen LogP contribution is 2.29. The van der Waals surface area contributed by atoms with Crippen molar-refractivity contribution < 1.29 is 13.2 Å². The average Bonchev–Trinajstić information content (AvgIpc) is 2.42. The van der Waals surface area contributed by atoms with Gasteiger partial charge in [-0.05, 0) is 35.9 Å². The molecule has 0 spiro atoms. The van der Waals surface area contributed by atoms with Crippen LogP contribution in [0.25, 0.3) is 0 Å². The third kappa shape index (κ3) is 4.43. The van der Waals surface area contributed by atoms with Gasteiger partial charge < -0.3 is 4.74 Å². The van der Waals surface area contributed by atoms with Gasteiger partial charge in [-0.2, -0.15) is 0 Å². The maximum absolute atomic E-state index is 12.3. The molecule has 0 saturated carbocycles. The van der Waals surface area contributed by atoms with E-state index in [1.54, 1.807) is 24.3 Å². The molecule has 0 amide bonds. The zero-order valence-electron chi connectivity index (χ0n) is 11.4. The van der Waals surface area contributed by atoms with Crippen LogP contribution >= 0.6 is 34.8 Å². The topological polar surface area (TPSA) is 55.4 Å². The third-order valence-corrected chi connectivity index (χ3v) is 4.99. The summed E-state index contributed by atoms with van der Waals surface area (Å²) in [6.45, 7) is 0. The number of rotatable bonds is 5. The van der Waals surface area contributed by atoms with Crippen molar-refractivity contribution in [2.24, 2.45) is 0 Å². The van der Waals surface area contributed by atoms with Crippen molar-refractivity contribution in [1.29, 1.82) is 0 Å². The lowest BCUT2D eigenvalue weighted by molar-refractivity contribution is 0.417. The third-order valence-electron chi connectivity index (χ3n) is 2.77. The Morgan fingerprint density at radius 2 is 1.77 bits per heavy atom. The highest BCUT2D eigenvalue weighted by Gasteiger charge is 2.15. The Hall–Kier alpha value is -1.14. The standard InChI is InChI=1S/C14H12Cl3NO3S/c1-21-14-5-3-10(15)7-13(14)18-22(19,20)8-9-2-4-11(16)12(17)6-9/h2-7,18H,8H2,1H3. The minimum atomic E-state index is -3.66. The Balaban J connectivity index is 2.24. The van der Waals surface area contributed by atoms with Crippen molar-refractivity contribution >= 4 is 50.5 Å². The molecule has 0 radical (unpaired) electrons. The van der Waals surface area contributed by atoms with E-state index in [4.69, 9.17) is 39.5 Å². The smallest absolute Gasteiger partial charge is 0.237 e. The second-order valence-electron chi connectivity index (χ2n) is 4.45. The molecule has 1 N–H and O–H groups in total. The van der Waals surface area contributed by atoms with Crippen molar-refractivity contribution in [3.05, 3.63) is 57.0 Å². The number of sulfonamides is 1. The van der Waals surface area contributed by atoms with Crippen LogP contribution in [0.2, 0.25) is 15.1 Å². The number of nitrogens with one attached hydrogen (secondary N) is 1. The molecule has 2 aromatic carbocycles. The Morgan fingerprint density at radius 3 is 2.41 bits per heavy atom. The van der Waals surface area contributed by atoms with Gasteiger partial charge in [0.05, 0.1) is 28.6 Å². The van der Waals surface area contributed by atoms with Crippen LogP contribution in [0.1, 0.15) is 5.56 Å². The summed E-state index contributed by atoms with van der Waals surface area (Å²) in [6.07, 6.45) is 0. The van der Waals surface area contributed by atoms with Gasteiger partial charge in [-0.15, -0.1) is 0 Å². The van der Waals surface area contributed by atoms with E-state index >= 15 is 0 Å². The quantitative estimate of drug-likeness (QED) is 0.825. The molecule has 0 aromatic heterocycles. The predicted octanol–water partition coefficient (Wildman–Crippen LogP) is 4.60. The van der Waals surface area contributed by atoms with Gasteiger partial charge in [0.2, 0.25) is 10.0 Å². The highest BCUT2D eigenvalue weighted by molar-refractivity contribution is 7.91. The number of anilines is 1. The summed E-state index contributed by atoms with van der Waals surface area (Å²) >= 11 is 17.6. The maximum atomic E-state index is 12.3. The van der Waals surface area contributed by atoms with Crippen molar-refractivity contribution in [3.8, 4) is 5.75 Å². The lowest BCUT2D eigenvalue weighted by Gasteiger charge is -2.12. The molecule has 2 rings (SSSR count). The van der Waals surface area contributed by atoms with Gasteiger partial charge in [0, 0.05) is 5.02 Å². The number of halogens is 3. The monoisotopic (exact) mass is 379 g/mol. The van der Waals surface area contributed by atoms with Crippen LogP contribution in [0.3, 0.4) is 0 Å². The minimum absolute atomic E-state index is 0.250. The second-order valence-corrected chi connectivity index (χ2v) is 7.43. The van der Waals surface area contributed by atoms with Crippen molar-refractivity contribution in [2.75, 3.05) is 11.8 Å². The lowest BCUT2D eigenvalue weighted by atomic mass is 10.2. The molecule has 4 nitrogen and oxygen atoms in total. The molecule has 0 aliphatic carbocycles. The molecule has 0 saturated heterocycles. The molecule has 2 aromatic rings. The Kier molecular flexibility index (Phi) is 5.45. The lowest BCUT2D eigenvalue weighted by Crippen LogP contribution is -2.15. The first-order valence-corrected chi connectivity index (χ1v) is 8.87.